The third-order valence-corrected chi connectivity index (χ3v) is 3.71. The quantitative estimate of drug-likeness (QED) is 0.899. The molecule has 1 aromatic carbocycles. The van der Waals surface area contributed by atoms with Crippen molar-refractivity contribution >= 4 is 5.69 Å². The van der Waals surface area contributed by atoms with Gasteiger partial charge in [0, 0.05) is 37.4 Å². The average Bonchev–Trinajstić information content (AvgIpc) is 2.62. The van der Waals surface area contributed by atoms with Gasteiger partial charge in [-0.1, -0.05) is 13.0 Å². The Bertz CT molecular complexity index is 408. The van der Waals surface area contributed by atoms with Crippen LogP contribution < -0.4 is 10.2 Å². The van der Waals surface area contributed by atoms with Crippen LogP contribution in [0.5, 0.6) is 0 Å². The van der Waals surface area contributed by atoms with Gasteiger partial charge in [-0.05, 0) is 38.7 Å². The van der Waals surface area contributed by atoms with E-state index in [9.17, 15) is 4.39 Å². The van der Waals surface area contributed by atoms with E-state index in [0.29, 0.717) is 6.54 Å². The molecule has 106 valence electrons. The van der Waals surface area contributed by atoms with Crippen LogP contribution in [0.3, 0.4) is 0 Å². The van der Waals surface area contributed by atoms with E-state index in [1.165, 1.54) is 0 Å². The summed E-state index contributed by atoms with van der Waals surface area (Å²) in [6.07, 6.45) is 1.13. The minimum atomic E-state index is -0.101. The number of hydrogen-bond donors (Lipinski definition) is 1. The highest BCUT2D eigenvalue weighted by Crippen LogP contribution is 2.24. The lowest BCUT2D eigenvalue weighted by Crippen LogP contribution is -2.30. The summed E-state index contributed by atoms with van der Waals surface area (Å²) >= 11 is 0. The molecule has 0 atom stereocenters. The van der Waals surface area contributed by atoms with Gasteiger partial charge in [0.25, 0.3) is 0 Å². The summed E-state index contributed by atoms with van der Waals surface area (Å²) in [5.41, 5.74) is 1.85. The standard InChI is InChI=1S/C15H24FN3/c1-3-17-12-13-14(16)6-4-7-15(13)19-9-5-8-18(2)10-11-19/h4,6-7,17H,3,5,8-12H2,1-2H3. The third kappa shape index (κ3) is 3.67. The SMILES string of the molecule is CCNCc1c(F)cccc1N1CCCN(C)CC1. The van der Waals surface area contributed by atoms with E-state index in [2.05, 4.69) is 22.2 Å². The molecule has 19 heavy (non-hydrogen) atoms. The zero-order valence-electron chi connectivity index (χ0n) is 12.0. The summed E-state index contributed by atoms with van der Waals surface area (Å²) in [4.78, 5) is 4.66. The minimum Gasteiger partial charge on any atom is -0.370 e. The van der Waals surface area contributed by atoms with Crippen LogP contribution in [0, 0.1) is 5.82 Å². The second-order valence-corrected chi connectivity index (χ2v) is 5.16. The van der Waals surface area contributed by atoms with Crippen LogP contribution in [-0.2, 0) is 6.54 Å². The second-order valence-electron chi connectivity index (χ2n) is 5.16. The summed E-state index contributed by atoms with van der Waals surface area (Å²) < 4.78 is 14.0. The zero-order chi connectivity index (χ0) is 13.7. The number of halogens is 1. The molecule has 0 saturated carbocycles. The predicted octanol–water partition coefficient (Wildman–Crippen LogP) is 2.08. The van der Waals surface area contributed by atoms with Crippen molar-refractivity contribution in [2.24, 2.45) is 0 Å². The van der Waals surface area contributed by atoms with E-state index in [1.807, 2.05) is 19.1 Å². The highest BCUT2D eigenvalue weighted by Gasteiger charge is 2.17. The first-order valence-electron chi connectivity index (χ1n) is 7.14. The number of hydrogen-bond acceptors (Lipinski definition) is 3. The Morgan fingerprint density at radius 1 is 1.21 bits per heavy atom. The molecule has 1 aromatic rings. The summed E-state index contributed by atoms with van der Waals surface area (Å²) in [6, 6.07) is 5.41. The van der Waals surface area contributed by atoms with Gasteiger partial charge in [0.2, 0.25) is 0 Å². The molecular weight excluding hydrogens is 241 g/mol. The number of rotatable bonds is 4. The molecule has 0 amide bonds. The zero-order valence-corrected chi connectivity index (χ0v) is 12.0. The Morgan fingerprint density at radius 3 is 2.84 bits per heavy atom. The molecule has 3 nitrogen and oxygen atoms in total. The van der Waals surface area contributed by atoms with Crippen molar-refractivity contribution < 1.29 is 4.39 Å². The average molecular weight is 265 g/mol. The van der Waals surface area contributed by atoms with Crippen LogP contribution in [0.15, 0.2) is 18.2 Å². The molecule has 1 fully saturated rings. The Labute approximate surface area is 115 Å². The van der Waals surface area contributed by atoms with Gasteiger partial charge in [-0.3, -0.25) is 0 Å². The van der Waals surface area contributed by atoms with Crippen LogP contribution in [0.2, 0.25) is 0 Å². The summed E-state index contributed by atoms with van der Waals surface area (Å²) in [7, 11) is 2.15. The first-order valence-corrected chi connectivity index (χ1v) is 7.14. The van der Waals surface area contributed by atoms with Crippen molar-refractivity contribution in [1.29, 1.82) is 0 Å². The number of benzene rings is 1. The molecule has 0 aliphatic carbocycles. The maximum absolute atomic E-state index is 14.0. The van der Waals surface area contributed by atoms with Crippen molar-refractivity contribution in [2.75, 3.05) is 44.7 Å². The molecule has 1 saturated heterocycles. The number of anilines is 1. The topological polar surface area (TPSA) is 18.5 Å². The van der Waals surface area contributed by atoms with Gasteiger partial charge < -0.3 is 15.1 Å². The monoisotopic (exact) mass is 265 g/mol. The fraction of sp³-hybridized carbons (Fsp3) is 0.600. The maximum Gasteiger partial charge on any atom is 0.129 e. The summed E-state index contributed by atoms with van der Waals surface area (Å²) in [5.74, 6) is -0.101. The van der Waals surface area contributed by atoms with Crippen molar-refractivity contribution in [2.45, 2.75) is 19.9 Å². The van der Waals surface area contributed by atoms with Crippen LogP contribution in [0.1, 0.15) is 18.9 Å². The van der Waals surface area contributed by atoms with Gasteiger partial charge in [-0.15, -0.1) is 0 Å². The van der Waals surface area contributed by atoms with E-state index in [4.69, 9.17) is 0 Å². The largest absolute Gasteiger partial charge is 0.370 e. The van der Waals surface area contributed by atoms with Crippen LogP contribution in [0.4, 0.5) is 10.1 Å². The van der Waals surface area contributed by atoms with Gasteiger partial charge in [0.1, 0.15) is 5.82 Å². The highest BCUT2D eigenvalue weighted by atomic mass is 19.1. The summed E-state index contributed by atoms with van der Waals surface area (Å²) in [6.45, 7) is 7.64. The van der Waals surface area contributed by atoms with Crippen LogP contribution in [-0.4, -0.2) is 44.7 Å². The summed E-state index contributed by atoms with van der Waals surface area (Å²) in [5, 5.41) is 3.23. The van der Waals surface area contributed by atoms with E-state index in [-0.39, 0.29) is 5.82 Å². The Morgan fingerprint density at radius 2 is 2.05 bits per heavy atom. The molecule has 1 aliphatic rings. The predicted molar refractivity (Wildman–Crippen MR) is 78.1 cm³/mol. The molecule has 1 N–H and O–H groups in total. The number of likely N-dealkylation sites (N-methyl/N-ethyl adjacent to an activating group) is 1. The molecular formula is C15H24FN3. The number of nitrogens with one attached hydrogen (secondary N) is 1. The lowest BCUT2D eigenvalue weighted by Gasteiger charge is -2.26. The molecule has 0 spiro atoms. The second kappa shape index (κ2) is 6.87. The van der Waals surface area contributed by atoms with Crippen LogP contribution in [0.25, 0.3) is 0 Å². The minimum absolute atomic E-state index is 0.101. The van der Waals surface area contributed by atoms with E-state index in [1.54, 1.807) is 6.07 Å². The normalized spacial score (nSPS) is 17.5. The molecule has 0 aromatic heterocycles. The maximum atomic E-state index is 14.0. The first-order chi connectivity index (χ1) is 9.22. The fourth-order valence-corrected chi connectivity index (χ4v) is 2.56. The molecule has 4 heteroatoms. The third-order valence-electron chi connectivity index (χ3n) is 3.71. The molecule has 0 radical (unpaired) electrons. The molecule has 1 aliphatic heterocycles. The fourth-order valence-electron chi connectivity index (χ4n) is 2.56. The van der Waals surface area contributed by atoms with E-state index >= 15 is 0 Å². The Balaban J connectivity index is 2.20. The molecule has 0 unspecified atom stereocenters. The highest BCUT2D eigenvalue weighted by molar-refractivity contribution is 5.54. The lowest BCUT2D eigenvalue weighted by molar-refractivity contribution is 0.360. The molecule has 2 rings (SSSR count). The van der Waals surface area contributed by atoms with Crippen molar-refractivity contribution in [3.8, 4) is 0 Å². The van der Waals surface area contributed by atoms with Gasteiger partial charge in [0.05, 0.1) is 0 Å². The molecule has 1 heterocycles. The number of nitrogens with zero attached hydrogens (tertiary/aromatic N) is 2. The van der Waals surface area contributed by atoms with Gasteiger partial charge in [-0.2, -0.15) is 0 Å². The van der Waals surface area contributed by atoms with Gasteiger partial charge >= 0.3 is 0 Å². The van der Waals surface area contributed by atoms with Gasteiger partial charge in [-0.25, -0.2) is 4.39 Å². The first kappa shape index (κ1) is 14.3. The van der Waals surface area contributed by atoms with Crippen molar-refractivity contribution in [3.63, 3.8) is 0 Å². The molecule has 0 bridgehead atoms. The van der Waals surface area contributed by atoms with E-state index in [0.717, 1.165) is 50.4 Å². The smallest absolute Gasteiger partial charge is 0.129 e. The van der Waals surface area contributed by atoms with Crippen LogP contribution >= 0.6 is 0 Å². The van der Waals surface area contributed by atoms with Crippen molar-refractivity contribution in [1.82, 2.24) is 10.2 Å². The Kier molecular flexibility index (Phi) is 5.16. The Hall–Kier alpha value is -1.13. The van der Waals surface area contributed by atoms with Gasteiger partial charge in [0.15, 0.2) is 0 Å². The lowest BCUT2D eigenvalue weighted by atomic mass is 10.1. The van der Waals surface area contributed by atoms with Crippen molar-refractivity contribution in [3.05, 3.63) is 29.6 Å². The van der Waals surface area contributed by atoms with E-state index < -0.39 is 0 Å².